The lowest BCUT2D eigenvalue weighted by molar-refractivity contribution is -0.143. The number of carbonyl (C=O) groups excluding carboxylic acids is 2. The molecule has 0 saturated heterocycles. The third-order valence-corrected chi connectivity index (χ3v) is 6.39. The zero-order valence-electron chi connectivity index (χ0n) is 22.1. The van der Waals surface area contributed by atoms with E-state index in [-0.39, 0.29) is 0 Å². The minimum absolute atomic E-state index is 0.401. The van der Waals surface area contributed by atoms with Gasteiger partial charge in [0.15, 0.2) is 0 Å². The predicted molar refractivity (Wildman–Crippen MR) is 156 cm³/mol. The largest absolute Gasteiger partial charge is 0.455 e. The maximum absolute atomic E-state index is 11.6. The van der Waals surface area contributed by atoms with Gasteiger partial charge in [0.05, 0.1) is 0 Å². The second-order valence-electron chi connectivity index (χ2n) is 9.00. The zero-order valence-corrected chi connectivity index (χ0v) is 22.1. The first-order valence-corrected chi connectivity index (χ1v) is 12.7. The van der Waals surface area contributed by atoms with Crippen molar-refractivity contribution in [1.29, 1.82) is 0 Å². The van der Waals surface area contributed by atoms with Crippen molar-refractivity contribution in [2.75, 3.05) is 4.90 Å². The molecular weight excluding hydrogens is 486 g/mol. The van der Waals surface area contributed by atoms with Crippen LogP contribution < -0.4 is 4.90 Å². The van der Waals surface area contributed by atoms with Gasteiger partial charge in [-0.2, -0.15) is 0 Å². The van der Waals surface area contributed by atoms with Crippen LogP contribution in [0, 0.1) is 0 Å². The van der Waals surface area contributed by atoms with Gasteiger partial charge in [0.2, 0.25) is 0 Å². The average Bonchev–Trinajstić information content (AvgIpc) is 2.98. The minimum Gasteiger partial charge on any atom is -0.455 e. The van der Waals surface area contributed by atoms with Gasteiger partial charge < -0.3 is 14.4 Å². The maximum atomic E-state index is 11.6. The summed E-state index contributed by atoms with van der Waals surface area (Å²) < 4.78 is 10.7. The third kappa shape index (κ3) is 6.70. The number of carbonyl (C=O) groups is 2. The van der Waals surface area contributed by atoms with Gasteiger partial charge >= 0.3 is 11.9 Å². The Labute approximate surface area is 229 Å². The Morgan fingerprint density at radius 2 is 0.949 bits per heavy atom. The molecule has 0 aromatic heterocycles. The standard InChI is InChI=1S/C34H31NO4/c1-5-33(36)38-24(3)26-12-18-30(19-13-26)35(31-20-14-27(15-21-31)25(4)39-34(37)6-2)32-22-16-29(17-23-32)28-10-8-7-9-11-28/h5-25H,1-2H2,3-4H3. The van der Waals surface area contributed by atoms with E-state index in [1.807, 2.05) is 80.6 Å². The molecule has 0 saturated carbocycles. The summed E-state index contributed by atoms with van der Waals surface area (Å²) in [4.78, 5) is 25.4. The first kappa shape index (κ1) is 27.1. The number of anilines is 3. The van der Waals surface area contributed by atoms with Crippen molar-refractivity contribution < 1.29 is 19.1 Å². The third-order valence-electron chi connectivity index (χ3n) is 6.39. The van der Waals surface area contributed by atoms with Crippen molar-refractivity contribution in [2.24, 2.45) is 0 Å². The Kier molecular flexibility index (Phi) is 8.75. The summed E-state index contributed by atoms with van der Waals surface area (Å²) in [5.74, 6) is -0.917. The average molecular weight is 518 g/mol. The first-order chi connectivity index (χ1) is 18.9. The molecule has 39 heavy (non-hydrogen) atoms. The van der Waals surface area contributed by atoms with E-state index in [0.717, 1.165) is 51.5 Å². The van der Waals surface area contributed by atoms with E-state index >= 15 is 0 Å². The molecule has 0 radical (unpaired) electrons. The van der Waals surface area contributed by atoms with Crippen LogP contribution in [0.1, 0.15) is 37.2 Å². The zero-order chi connectivity index (χ0) is 27.8. The number of rotatable bonds is 10. The minimum atomic E-state index is -0.459. The smallest absolute Gasteiger partial charge is 0.330 e. The number of benzene rings is 4. The lowest BCUT2D eigenvalue weighted by Crippen LogP contribution is -2.11. The number of ether oxygens (including phenoxy) is 2. The SMILES string of the molecule is C=CC(=O)OC(C)c1ccc(N(c2ccc(-c3ccccc3)cc2)c2ccc(C(C)OC(=O)C=C)cc2)cc1. The molecule has 0 amide bonds. The molecule has 0 spiro atoms. The Morgan fingerprint density at radius 1 is 0.590 bits per heavy atom. The highest BCUT2D eigenvalue weighted by molar-refractivity contribution is 5.82. The van der Waals surface area contributed by atoms with Gasteiger partial charge in [-0.05, 0) is 72.5 Å². The van der Waals surface area contributed by atoms with E-state index in [2.05, 4.69) is 54.5 Å². The summed E-state index contributed by atoms with van der Waals surface area (Å²) in [7, 11) is 0. The summed E-state index contributed by atoms with van der Waals surface area (Å²) in [6.45, 7) is 10.6. The van der Waals surface area contributed by atoms with Gasteiger partial charge in [0.1, 0.15) is 12.2 Å². The molecule has 4 rings (SSSR count). The molecule has 2 unspecified atom stereocenters. The molecule has 2 atom stereocenters. The maximum Gasteiger partial charge on any atom is 0.330 e. The monoisotopic (exact) mass is 517 g/mol. The topological polar surface area (TPSA) is 55.8 Å². The van der Waals surface area contributed by atoms with Crippen LogP contribution in [-0.2, 0) is 19.1 Å². The number of hydrogen-bond acceptors (Lipinski definition) is 5. The molecule has 4 aromatic carbocycles. The quantitative estimate of drug-likeness (QED) is 0.156. The van der Waals surface area contributed by atoms with E-state index < -0.39 is 24.1 Å². The van der Waals surface area contributed by atoms with E-state index in [0.29, 0.717) is 0 Å². The van der Waals surface area contributed by atoms with Crippen LogP contribution in [0.5, 0.6) is 0 Å². The van der Waals surface area contributed by atoms with Crippen LogP contribution >= 0.6 is 0 Å². The molecule has 5 nitrogen and oxygen atoms in total. The van der Waals surface area contributed by atoms with Gasteiger partial charge in [0, 0.05) is 29.2 Å². The summed E-state index contributed by atoms with van der Waals surface area (Å²) in [6, 6.07) is 34.4. The normalized spacial score (nSPS) is 12.1. The Hall–Kier alpha value is -4.90. The highest BCUT2D eigenvalue weighted by atomic mass is 16.5. The van der Waals surface area contributed by atoms with Crippen LogP contribution in [0.15, 0.2) is 128 Å². The van der Waals surface area contributed by atoms with Gasteiger partial charge in [-0.3, -0.25) is 0 Å². The number of hydrogen-bond donors (Lipinski definition) is 0. The van der Waals surface area contributed by atoms with Crippen molar-refractivity contribution >= 4 is 29.0 Å². The number of nitrogens with zero attached hydrogens (tertiary/aromatic N) is 1. The summed E-state index contributed by atoms with van der Waals surface area (Å²) in [5.41, 5.74) is 6.88. The van der Waals surface area contributed by atoms with Crippen LogP contribution in [0.2, 0.25) is 0 Å². The fourth-order valence-electron chi connectivity index (χ4n) is 4.25. The second kappa shape index (κ2) is 12.6. The molecule has 5 heteroatoms. The van der Waals surface area contributed by atoms with Crippen molar-refractivity contribution in [3.05, 3.63) is 140 Å². The van der Waals surface area contributed by atoms with E-state index in [1.54, 1.807) is 0 Å². The Bertz CT molecular complexity index is 1350. The fraction of sp³-hybridized carbons (Fsp3) is 0.118. The predicted octanol–water partition coefficient (Wildman–Crippen LogP) is 8.40. The number of esters is 2. The molecule has 0 fully saturated rings. The Morgan fingerprint density at radius 3 is 1.33 bits per heavy atom. The lowest BCUT2D eigenvalue weighted by atomic mass is 10.0. The van der Waals surface area contributed by atoms with Gasteiger partial charge in [0.25, 0.3) is 0 Å². The van der Waals surface area contributed by atoms with E-state index in [4.69, 9.17) is 9.47 Å². The van der Waals surface area contributed by atoms with Crippen molar-refractivity contribution in [1.82, 2.24) is 0 Å². The molecule has 0 aliphatic rings. The molecule has 0 heterocycles. The van der Waals surface area contributed by atoms with Crippen LogP contribution in [-0.4, -0.2) is 11.9 Å². The molecule has 0 aliphatic heterocycles. The second-order valence-corrected chi connectivity index (χ2v) is 9.00. The summed E-state index contributed by atoms with van der Waals surface area (Å²) in [5, 5.41) is 0. The molecule has 4 aromatic rings. The molecule has 0 N–H and O–H groups in total. The van der Waals surface area contributed by atoms with Crippen molar-refractivity contribution in [2.45, 2.75) is 26.1 Å². The lowest BCUT2D eigenvalue weighted by Gasteiger charge is -2.26. The summed E-state index contributed by atoms with van der Waals surface area (Å²) >= 11 is 0. The van der Waals surface area contributed by atoms with Gasteiger partial charge in [-0.15, -0.1) is 0 Å². The van der Waals surface area contributed by atoms with Crippen molar-refractivity contribution in [3.8, 4) is 11.1 Å². The summed E-state index contributed by atoms with van der Waals surface area (Å²) in [6.07, 6.45) is 1.52. The molecular formula is C34H31NO4. The van der Waals surface area contributed by atoms with Crippen LogP contribution in [0.3, 0.4) is 0 Å². The first-order valence-electron chi connectivity index (χ1n) is 12.7. The molecule has 196 valence electrons. The Balaban J connectivity index is 1.68. The van der Waals surface area contributed by atoms with Crippen LogP contribution in [0.4, 0.5) is 17.1 Å². The van der Waals surface area contributed by atoms with E-state index in [1.165, 1.54) is 0 Å². The van der Waals surface area contributed by atoms with E-state index in [9.17, 15) is 9.59 Å². The molecule has 0 aliphatic carbocycles. The van der Waals surface area contributed by atoms with Crippen molar-refractivity contribution in [3.63, 3.8) is 0 Å². The highest BCUT2D eigenvalue weighted by Gasteiger charge is 2.16. The molecule has 0 bridgehead atoms. The van der Waals surface area contributed by atoms with Gasteiger partial charge in [-0.25, -0.2) is 9.59 Å². The fourth-order valence-corrected chi connectivity index (χ4v) is 4.25. The van der Waals surface area contributed by atoms with Gasteiger partial charge in [-0.1, -0.05) is 79.9 Å². The van der Waals surface area contributed by atoms with Crippen LogP contribution in [0.25, 0.3) is 11.1 Å². The highest BCUT2D eigenvalue weighted by Crippen LogP contribution is 2.37.